The van der Waals surface area contributed by atoms with E-state index in [9.17, 15) is 4.79 Å². The van der Waals surface area contributed by atoms with E-state index in [4.69, 9.17) is 62.7 Å². The average molecular weight is 336 g/mol. The standard InChI is InChI=1S/C10H7Cl5O2/c1-5(16)17-9(10(13,14)15)6-2-3-7(11)8(12)4-6/h2-4,9H,1H3/t9-/m0/s1. The van der Waals surface area contributed by atoms with Gasteiger partial charge in [0, 0.05) is 6.92 Å². The number of rotatable bonds is 2. The molecule has 0 fully saturated rings. The van der Waals surface area contributed by atoms with Gasteiger partial charge < -0.3 is 4.74 Å². The average Bonchev–Trinajstić information content (AvgIpc) is 2.17. The number of alkyl halides is 3. The molecule has 1 aromatic rings. The molecule has 0 aromatic heterocycles. The summed E-state index contributed by atoms with van der Waals surface area (Å²) in [5.41, 5.74) is 0.453. The molecule has 0 heterocycles. The summed E-state index contributed by atoms with van der Waals surface area (Å²) in [6.07, 6.45) is -1.04. The summed E-state index contributed by atoms with van der Waals surface area (Å²) in [6.45, 7) is 1.22. The molecule has 0 amide bonds. The third-order valence-electron chi connectivity index (χ3n) is 1.83. The molecule has 0 unspecified atom stereocenters. The molecule has 0 aliphatic heterocycles. The van der Waals surface area contributed by atoms with Crippen LogP contribution in [0.1, 0.15) is 18.6 Å². The summed E-state index contributed by atoms with van der Waals surface area (Å²) in [5, 5.41) is 0.650. The maximum absolute atomic E-state index is 11.0. The monoisotopic (exact) mass is 334 g/mol. The van der Waals surface area contributed by atoms with Gasteiger partial charge in [-0.3, -0.25) is 4.79 Å². The molecule has 0 saturated heterocycles. The Bertz CT molecular complexity index is 427. The quantitative estimate of drug-likeness (QED) is 0.563. The maximum atomic E-state index is 11.0. The van der Waals surface area contributed by atoms with Gasteiger partial charge in [-0.25, -0.2) is 0 Å². The van der Waals surface area contributed by atoms with E-state index in [1.165, 1.54) is 19.1 Å². The second kappa shape index (κ2) is 5.85. The van der Waals surface area contributed by atoms with E-state index < -0.39 is 15.9 Å². The van der Waals surface area contributed by atoms with Crippen molar-refractivity contribution in [2.45, 2.75) is 16.8 Å². The minimum Gasteiger partial charge on any atom is -0.453 e. The first-order valence-electron chi connectivity index (χ1n) is 4.40. The van der Waals surface area contributed by atoms with E-state index in [1.807, 2.05) is 0 Å². The molecule has 0 spiro atoms. The summed E-state index contributed by atoms with van der Waals surface area (Å²) in [4.78, 5) is 11.0. The Hall–Kier alpha value is 0.140. The summed E-state index contributed by atoms with van der Waals surface area (Å²) in [7, 11) is 0. The first-order chi connectivity index (χ1) is 7.71. The van der Waals surface area contributed by atoms with Gasteiger partial charge in [-0.15, -0.1) is 0 Å². The Kier molecular flexibility index (Phi) is 5.23. The molecular formula is C10H7Cl5O2. The van der Waals surface area contributed by atoms with Crippen molar-refractivity contribution in [3.63, 3.8) is 0 Å². The lowest BCUT2D eigenvalue weighted by atomic mass is 10.1. The number of carbonyl (C=O) groups is 1. The van der Waals surface area contributed by atoms with Crippen LogP contribution in [0.4, 0.5) is 0 Å². The zero-order valence-electron chi connectivity index (χ0n) is 8.52. The van der Waals surface area contributed by atoms with Crippen molar-refractivity contribution in [3.05, 3.63) is 33.8 Å². The predicted octanol–water partition coefficient (Wildman–Crippen LogP) is 4.97. The highest BCUT2D eigenvalue weighted by atomic mass is 35.6. The highest BCUT2D eigenvalue weighted by Gasteiger charge is 2.37. The van der Waals surface area contributed by atoms with Crippen LogP contribution in [0.3, 0.4) is 0 Å². The Labute approximate surface area is 124 Å². The first kappa shape index (κ1) is 15.2. The molecule has 1 aromatic carbocycles. The van der Waals surface area contributed by atoms with Crippen molar-refractivity contribution in [3.8, 4) is 0 Å². The van der Waals surface area contributed by atoms with Gasteiger partial charge in [0.1, 0.15) is 0 Å². The molecule has 0 saturated carbocycles. The number of benzene rings is 1. The van der Waals surface area contributed by atoms with Crippen molar-refractivity contribution in [2.75, 3.05) is 0 Å². The van der Waals surface area contributed by atoms with Crippen molar-refractivity contribution >= 4 is 64.0 Å². The fourth-order valence-electron chi connectivity index (χ4n) is 1.17. The van der Waals surface area contributed by atoms with E-state index in [0.717, 1.165) is 0 Å². The third-order valence-corrected chi connectivity index (χ3v) is 3.16. The minimum absolute atomic E-state index is 0.288. The predicted molar refractivity (Wildman–Crippen MR) is 71.3 cm³/mol. The molecule has 1 rings (SSSR count). The second-order valence-electron chi connectivity index (χ2n) is 3.20. The van der Waals surface area contributed by atoms with E-state index in [0.29, 0.717) is 10.6 Å². The van der Waals surface area contributed by atoms with Gasteiger partial charge in [0.15, 0.2) is 6.10 Å². The van der Waals surface area contributed by atoms with Crippen LogP contribution in [0.2, 0.25) is 10.0 Å². The first-order valence-corrected chi connectivity index (χ1v) is 6.29. The van der Waals surface area contributed by atoms with Crippen LogP contribution in [0.25, 0.3) is 0 Å². The molecule has 0 aliphatic rings. The Morgan fingerprint density at radius 3 is 2.24 bits per heavy atom. The molecular weight excluding hydrogens is 329 g/mol. The van der Waals surface area contributed by atoms with Crippen molar-refractivity contribution < 1.29 is 9.53 Å². The fourth-order valence-corrected chi connectivity index (χ4v) is 1.98. The number of esters is 1. The second-order valence-corrected chi connectivity index (χ2v) is 6.39. The van der Waals surface area contributed by atoms with Crippen molar-refractivity contribution in [2.24, 2.45) is 0 Å². The largest absolute Gasteiger partial charge is 0.453 e. The molecule has 94 valence electrons. The fraction of sp³-hybridized carbons (Fsp3) is 0.300. The van der Waals surface area contributed by atoms with Crippen LogP contribution in [-0.2, 0) is 9.53 Å². The molecule has 0 radical (unpaired) electrons. The van der Waals surface area contributed by atoms with Crippen LogP contribution < -0.4 is 0 Å². The van der Waals surface area contributed by atoms with E-state index >= 15 is 0 Å². The van der Waals surface area contributed by atoms with Gasteiger partial charge in [0.25, 0.3) is 0 Å². The van der Waals surface area contributed by atoms with E-state index in [2.05, 4.69) is 0 Å². The molecule has 7 heteroatoms. The lowest BCUT2D eigenvalue weighted by Crippen LogP contribution is -2.22. The van der Waals surface area contributed by atoms with Crippen LogP contribution in [0.15, 0.2) is 18.2 Å². The highest BCUT2D eigenvalue weighted by molar-refractivity contribution is 6.68. The molecule has 17 heavy (non-hydrogen) atoms. The van der Waals surface area contributed by atoms with Gasteiger partial charge >= 0.3 is 5.97 Å². The SMILES string of the molecule is CC(=O)O[C@@H](c1ccc(Cl)c(Cl)c1)C(Cl)(Cl)Cl. The number of ether oxygens (including phenoxy) is 1. The van der Waals surface area contributed by atoms with E-state index in [1.54, 1.807) is 6.07 Å². The zero-order valence-corrected chi connectivity index (χ0v) is 12.3. The molecule has 2 nitrogen and oxygen atoms in total. The number of hydrogen-bond donors (Lipinski definition) is 0. The smallest absolute Gasteiger partial charge is 0.303 e. The summed E-state index contributed by atoms with van der Waals surface area (Å²) in [5.74, 6) is -0.563. The Morgan fingerprint density at radius 1 is 1.24 bits per heavy atom. The molecule has 1 atom stereocenters. The minimum atomic E-state index is -1.79. The number of hydrogen-bond acceptors (Lipinski definition) is 2. The summed E-state index contributed by atoms with van der Waals surface area (Å²) < 4.78 is 3.17. The van der Waals surface area contributed by atoms with Crippen LogP contribution in [0, 0.1) is 0 Å². The lowest BCUT2D eigenvalue weighted by molar-refractivity contribution is -0.146. The summed E-state index contributed by atoms with van der Waals surface area (Å²) >= 11 is 28.9. The van der Waals surface area contributed by atoms with Gasteiger partial charge in [-0.05, 0) is 17.7 Å². The van der Waals surface area contributed by atoms with Crippen LogP contribution in [0.5, 0.6) is 0 Å². The van der Waals surface area contributed by atoms with Gasteiger partial charge in [-0.2, -0.15) is 0 Å². The Balaban J connectivity index is 3.13. The third kappa shape index (κ3) is 4.38. The zero-order chi connectivity index (χ0) is 13.2. The molecule has 0 bridgehead atoms. The van der Waals surface area contributed by atoms with Gasteiger partial charge in [0.05, 0.1) is 10.0 Å². The van der Waals surface area contributed by atoms with Crippen LogP contribution >= 0.6 is 58.0 Å². The van der Waals surface area contributed by atoms with Gasteiger partial charge in [0.2, 0.25) is 3.79 Å². The highest BCUT2D eigenvalue weighted by Crippen LogP contribution is 2.43. The lowest BCUT2D eigenvalue weighted by Gasteiger charge is -2.24. The van der Waals surface area contributed by atoms with Crippen molar-refractivity contribution in [1.29, 1.82) is 0 Å². The number of halogens is 5. The molecule has 0 N–H and O–H groups in total. The Morgan fingerprint density at radius 2 is 1.82 bits per heavy atom. The number of carbonyl (C=O) groups excluding carboxylic acids is 1. The van der Waals surface area contributed by atoms with E-state index in [-0.39, 0.29) is 5.02 Å². The maximum Gasteiger partial charge on any atom is 0.303 e. The van der Waals surface area contributed by atoms with Crippen molar-refractivity contribution in [1.82, 2.24) is 0 Å². The topological polar surface area (TPSA) is 26.3 Å². The normalized spacial score (nSPS) is 13.3. The summed E-state index contributed by atoms with van der Waals surface area (Å²) in [6, 6.07) is 4.59. The molecule has 0 aliphatic carbocycles. The van der Waals surface area contributed by atoms with Gasteiger partial charge in [-0.1, -0.05) is 64.1 Å². The van der Waals surface area contributed by atoms with Crippen LogP contribution in [-0.4, -0.2) is 9.76 Å².